The van der Waals surface area contributed by atoms with Crippen LogP contribution in [0.5, 0.6) is 5.75 Å². The average Bonchev–Trinajstić information content (AvgIpc) is 2.49. The predicted octanol–water partition coefficient (Wildman–Crippen LogP) is 3.34. The van der Waals surface area contributed by atoms with Gasteiger partial charge >= 0.3 is 5.97 Å². The Kier molecular flexibility index (Phi) is 4.57. The van der Waals surface area contributed by atoms with E-state index >= 15 is 0 Å². The van der Waals surface area contributed by atoms with Gasteiger partial charge in [0.05, 0.1) is 5.41 Å². The summed E-state index contributed by atoms with van der Waals surface area (Å²) in [4.78, 5) is 13.8. The van der Waals surface area contributed by atoms with Crippen LogP contribution in [-0.4, -0.2) is 34.2 Å². The first kappa shape index (κ1) is 15.8. The molecule has 0 spiro atoms. The fraction of sp³-hybridized carbons (Fsp3) is 0.588. The lowest BCUT2D eigenvalue weighted by atomic mass is 9.76. The van der Waals surface area contributed by atoms with Gasteiger partial charge < -0.3 is 10.2 Å². The summed E-state index contributed by atoms with van der Waals surface area (Å²) in [6.45, 7) is 7.57. The lowest BCUT2D eigenvalue weighted by Crippen LogP contribution is -2.44. The van der Waals surface area contributed by atoms with Gasteiger partial charge in [-0.3, -0.25) is 9.69 Å². The van der Waals surface area contributed by atoms with E-state index in [1.165, 1.54) is 0 Å². The Hall–Kier alpha value is -1.55. The summed E-state index contributed by atoms with van der Waals surface area (Å²) in [7, 11) is 0. The third-order valence-corrected chi connectivity index (χ3v) is 5.07. The molecular formula is C17H25NO3. The van der Waals surface area contributed by atoms with Crippen LogP contribution in [-0.2, 0) is 4.79 Å². The quantitative estimate of drug-likeness (QED) is 0.893. The van der Waals surface area contributed by atoms with E-state index in [1.807, 2.05) is 26.0 Å². The first-order chi connectivity index (χ1) is 9.89. The summed E-state index contributed by atoms with van der Waals surface area (Å²) >= 11 is 0. The molecule has 1 aliphatic rings. The van der Waals surface area contributed by atoms with Crippen LogP contribution in [0.1, 0.15) is 50.3 Å². The second-order valence-corrected chi connectivity index (χ2v) is 6.21. The smallest absolute Gasteiger partial charge is 0.309 e. The molecule has 0 aliphatic carbocycles. The zero-order valence-electron chi connectivity index (χ0n) is 13.1. The number of aromatic hydroxyl groups is 1. The van der Waals surface area contributed by atoms with Crippen molar-refractivity contribution in [1.82, 2.24) is 4.90 Å². The van der Waals surface area contributed by atoms with E-state index < -0.39 is 11.4 Å². The fourth-order valence-electron chi connectivity index (χ4n) is 3.26. The molecule has 1 aromatic rings. The summed E-state index contributed by atoms with van der Waals surface area (Å²) in [5, 5.41) is 19.5. The molecule has 21 heavy (non-hydrogen) atoms. The number of nitrogens with zero attached hydrogens (tertiary/aromatic N) is 1. The van der Waals surface area contributed by atoms with Gasteiger partial charge in [-0.25, -0.2) is 0 Å². The maximum atomic E-state index is 11.5. The summed E-state index contributed by atoms with van der Waals surface area (Å²) in [6, 6.07) is 5.75. The van der Waals surface area contributed by atoms with Gasteiger partial charge in [-0.15, -0.1) is 0 Å². The van der Waals surface area contributed by atoms with Gasteiger partial charge in [0.25, 0.3) is 0 Å². The minimum atomic E-state index is -0.671. The number of phenols is 1. The Morgan fingerprint density at radius 1 is 1.38 bits per heavy atom. The van der Waals surface area contributed by atoms with Gasteiger partial charge in [0.2, 0.25) is 0 Å². The molecular weight excluding hydrogens is 266 g/mol. The Morgan fingerprint density at radius 2 is 2.00 bits per heavy atom. The van der Waals surface area contributed by atoms with Crippen molar-refractivity contribution in [3.63, 3.8) is 0 Å². The molecule has 1 aliphatic heterocycles. The third-order valence-electron chi connectivity index (χ3n) is 5.07. The van der Waals surface area contributed by atoms with Crippen molar-refractivity contribution in [2.45, 2.75) is 46.1 Å². The fourth-order valence-corrected chi connectivity index (χ4v) is 3.26. The highest BCUT2D eigenvalue weighted by Crippen LogP contribution is 2.39. The van der Waals surface area contributed by atoms with Crippen molar-refractivity contribution in [2.24, 2.45) is 5.41 Å². The molecule has 4 heteroatoms. The van der Waals surface area contributed by atoms with Crippen molar-refractivity contribution < 1.29 is 15.0 Å². The first-order valence-corrected chi connectivity index (χ1v) is 7.66. The number of rotatable bonds is 4. The van der Waals surface area contributed by atoms with Crippen molar-refractivity contribution in [3.8, 4) is 5.75 Å². The summed E-state index contributed by atoms with van der Waals surface area (Å²) in [5.74, 6) is -0.352. The number of benzene rings is 1. The highest BCUT2D eigenvalue weighted by atomic mass is 16.4. The Labute approximate surface area is 126 Å². The highest BCUT2D eigenvalue weighted by Gasteiger charge is 2.40. The van der Waals surface area contributed by atoms with E-state index in [4.69, 9.17) is 0 Å². The summed E-state index contributed by atoms with van der Waals surface area (Å²) in [5.41, 5.74) is 1.49. The second-order valence-electron chi connectivity index (χ2n) is 6.21. The number of carboxylic acids is 1. The van der Waals surface area contributed by atoms with Crippen LogP contribution >= 0.6 is 0 Å². The Morgan fingerprint density at radius 3 is 2.52 bits per heavy atom. The van der Waals surface area contributed by atoms with E-state index in [0.717, 1.165) is 24.2 Å². The lowest BCUT2D eigenvalue weighted by Gasteiger charge is -2.41. The van der Waals surface area contributed by atoms with E-state index in [1.54, 1.807) is 6.07 Å². The molecule has 0 saturated carbocycles. The van der Waals surface area contributed by atoms with Crippen LogP contribution in [0.4, 0.5) is 0 Å². The van der Waals surface area contributed by atoms with Crippen molar-refractivity contribution >= 4 is 5.97 Å². The molecule has 1 heterocycles. The number of piperidine rings is 1. The van der Waals surface area contributed by atoms with Gasteiger partial charge in [-0.05, 0) is 52.3 Å². The number of aryl methyl sites for hydroxylation is 1. The molecule has 0 radical (unpaired) electrons. The summed E-state index contributed by atoms with van der Waals surface area (Å²) < 4.78 is 0. The highest BCUT2D eigenvalue weighted by molar-refractivity contribution is 5.74. The number of hydrogen-bond acceptors (Lipinski definition) is 3. The van der Waals surface area contributed by atoms with Crippen LogP contribution in [0.25, 0.3) is 0 Å². The molecule has 1 aromatic carbocycles. The molecule has 116 valence electrons. The average molecular weight is 291 g/mol. The lowest BCUT2D eigenvalue weighted by molar-refractivity contribution is -0.152. The number of aliphatic carboxylic acids is 1. The second kappa shape index (κ2) is 6.06. The van der Waals surface area contributed by atoms with Gasteiger partial charge in [-0.2, -0.15) is 0 Å². The van der Waals surface area contributed by atoms with Crippen molar-refractivity contribution in [3.05, 3.63) is 29.3 Å². The monoisotopic (exact) mass is 291 g/mol. The minimum absolute atomic E-state index is 0.105. The number of likely N-dealkylation sites (tertiary alicyclic amines) is 1. The number of hydrogen-bond donors (Lipinski definition) is 2. The third kappa shape index (κ3) is 3.05. The van der Waals surface area contributed by atoms with E-state index in [9.17, 15) is 15.0 Å². The van der Waals surface area contributed by atoms with Crippen LogP contribution < -0.4 is 0 Å². The number of phenolic OH excluding ortho intramolecular Hbond substituents is 1. The molecule has 1 fully saturated rings. The number of carboxylic acid groups (broad SMARTS) is 1. The maximum absolute atomic E-state index is 11.5. The Bertz CT molecular complexity index is 519. The standard InChI is InChI=1S/C17H25NO3/c1-4-17(16(20)21)7-9-18(10-8-17)13(3)14-11-12(2)5-6-15(14)19/h5-6,11,13,19H,4,7-10H2,1-3H3,(H,20,21). The molecule has 1 atom stereocenters. The molecule has 1 saturated heterocycles. The van der Waals surface area contributed by atoms with E-state index in [2.05, 4.69) is 11.8 Å². The largest absolute Gasteiger partial charge is 0.508 e. The van der Waals surface area contributed by atoms with Gasteiger partial charge in [-0.1, -0.05) is 24.6 Å². The molecule has 2 rings (SSSR count). The molecule has 0 amide bonds. The SMILES string of the molecule is CCC1(C(=O)O)CCN(C(C)c2cc(C)ccc2O)CC1. The van der Waals surface area contributed by atoms with Crippen LogP contribution in [0.15, 0.2) is 18.2 Å². The van der Waals surface area contributed by atoms with Gasteiger partial charge in [0.15, 0.2) is 0 Å². The zero-order valence-corrected chi connectivity index (χ0v) is 13.1. The van der Waals surface area contributed by atoms with Crippen LogP contribution in [0.2, 0.25) is 0 Å². The molecule has 1 unspecified atom stereocenters. The van der Waals surface area contributed by atoms with Crippen LogP contribution in [0.3, 0.4) is 0 Å². The predicted molar refractivity (Wildman–Crippen MR) is 82.4 cm³/mol. The normalized spacial score (nSPS) is 20.1. The molecule has 0 bridgehead atoms. The zero-order chi connectivity index (χ0) is 15.6. The number of carbonyl (C=O) groups is 1. The van der Waals surface area contributed by atoms with Gasteiger partial charge in [0.1, 0.15) is 5.75 Å². The van der Waals surface area contributed by atoms with E-state index in [0.29, 0.717) is 25.0 Å². The van der Waals surface area contributed by atoms with Crippen LogP contribution in [0, 0.1) is 12.3 Å². The molecule has 2 N–H and O–H groups in total. The first-order valence-electron chi connectivity index (χ1n) is 7.66. The van der Waals surface area contributed by atoms with Crippen molar-refractivity contribution in [1.29, 1.82) is 0 Å². The topological polar surface area (TPSA) is 60.8 Å². The van der Waals surface area contributed by atoms with E-state index in [-0.39, 0.29) is 6.04 Å². The van der Waals surface area contributed by atoms with Gasteiger partial charge in [0, 0.05) is 11.6 Å². The summed E-state index contributed by atoms with van der Waals surface area (Å²) in [6.07, 6.45) is 2.03. The molecule has 0 aromatic heterocycles. The Balaban J connectivity index is 2.11. The minimum Gasteiger partial charge on any atom is -0.508 e. The maximum Gasteiger partial charge on any atom is 0.309 e. The molecule has 4 nitrogen and oxygen atoms in total. The van der Waals surface area contributed by atoms with Crippen molar-refractivity contribution in [2.75, 3.05) is 13.1 Å².